The second-order valence-corrected chi connectivity index (χ2v) is 3.83. The number of carboxylic acid groups (broad SMARTS) is 1. The van der Waals surface area contributed by atoms with Gasteiger partial charge in [-0.05, 0) is 25.6 Å². The van der Waals surface area contributed by atoms with Crippen LogP contribution in [-0.2, 0) is 4.79 Å². The second-order valence-electron chi connectivity index (χ2n) is 2.75. The molecule has 0 unspecified atom stereocenters. The van der Waals surface area contributed by atoms with Gasteiger partial charge in [0.15, 0.2) is 6.54 Å². The van der Waals surface area contributed by atoms with Crippen LogP contribution in [0.4, 0.5) is 0 Å². The van der Waals surface area contributed by atoms with Crippen molar-refractivity contribution in [1.82, 2.24) is 0 Å². The highest BCUT2D eigenvalue weighted by Gasteiger charge is 2.30. The van der Waals surface area contributed by atoms with E-state index in [1.54, 1.807) is 0 Å². The lowest BCUT2D eigenvalue weighted by atomic mass is 10.4. The van der Waals surface area contributed by atoms with Crippen molar-refractivity contribution in [2.75, 3.05) is 12.3 Å². The molecule has 1 heterocycles. The first kappa shape index (κ1) is 8.59. The number of thioether (sulfide) groups is 1. The number of nitrogens with zero attached hydrogens (tertiary/aromatic N) is 1. The molecule has 11 heavy (non-hydrogen) atoms. The van der Waals surface area contributed by atoms with Crippen molar-refractivity contribution >= 4 is 22.8 Å². The fraction of sp³-hybridized carbons (Fsp3) is 0.714. The van der Waals surface area contributed by atoms with E-state index in [9.17, 15) is 4.79 Å². The molecule has 0 aromatic carbocycles. The maximum Gasteiger partial charge on any atom is 0.408 e. The first-order valence-electron chi connectivity index (χ1n) is 3.62. The fourth-order valence-corrected chi connectivity index (χ4v) is 2.18. The summed E-state index contributed by atoms with van der Waals surface area (Å²) in [4.78, 5) is 10.6. The summed E-state index contributed by atoms with van der Waals surface area (Å²) in [6.07, 6.45) is 0. The van der Waals surface area contributed by atoms with Crippen LogP contribution in [0.2, 0.25) is 0 Å². The molecule has 0 saturated heterocycles. The molecule has 0 saturated carbocycles. The van der Waals surface area contributed by atoms with Crippen LogP contribution in [0.15, 0.2) is 0 Å². The average Bonchev–Trinajstić information content (AvgIpc) is 2.32. The highest BCUT2D eigenvalue weighted by atomic mass is 32.2. The van der Waals surface area contributed by atoms with Gasteiger partial charge < -0.3 is 5.11 Å². The summed E-state index contributed by atoms with van der Waals surface area (Å²) in [7, 11) is 0. The summed E-state index contributed by atoms with van der Waals surface area (Å²) in [6, 6.07) is 0.302. The summed E-state index contributed by atoms with van der Waals surface area (Å²) in [5.41, 5.74) is 0. The molecule has 0 bridgehead atoms. The summed E-state index contributed by atoms with van der Waals surface area (Å²) in [5.74, 6) is 0.112. The Morgan fingerprint density at radius 3 is 2.73 bits per heavy atom. The van der Waals surface area contributed by atoms with Gasteiger partial charge >= 0.3 is 11.0 Å². The zero-order valence-electron chi connectivity index (χ0n) is 6.70. The maximum atomic E-state index is 10.6. The van der Waals surface area contributed by atoms with Gasteiger partial charge in [-0.3, -0.25) is 0 Å². The van der Waals surface area contributed by atoms with Crippen molar-refractivity contribution in [1.29, 1.82) is 0 Å². The molecule has 0 radical (unpaired) electrons. The van der Waals surface area contributed by atoms with Crippen LogP contribution >= 0.6 is 11.8 Å². The molecule has 1 rings (SSSR count). The average molecular weight is 174 g/mol. The van der Waals surface area contributed by atoms with Crippen molar-refractivity contribution in [2.45, 2.75) is 19.9 Å². The smallest absolute Gasteiger partial charge is 0.408 e. The van der Waals surface area contributed by atoms with Crippen molar-refractivity contribution in [3.05, 3.63) is 0 Å². The molecular weight excluding hydrogens is 162 g/mol. The van der Waals surface area contributed by atoms with Crippen LogP contribution in [0.1, 0.15) is 13.8 Å². The largest absolute Gasteiger partial charge is 0.473 e. The van der Waals surface area contributed by atoms with Crippen LogP contribution in [-0.4, -0.2) is 39.0 Å². The number of rotatable bonds is 2. The van der Waals surface area contributed by atoms with E-state index in [2.05, 4.69) is 0 Å². The lowest BCUT2D eigenvalue weighted by Gasteiger charge is -2.01. The molecule has 4 heteroatoms. The normalized spacial score (nSPS) is 18.1. The van der Waals surface area contributed by atoms with Crippen LogP contribution in [0, 0.1) is 0 Å². The monoisotopic (exact) mass is 174 g/mol. The molecule has 0 aromatic rings. The van der Waals surface area contributed by atoms with Gasteiger partial charge in [0.25, 0.3) is 0 Å². The van der Waals surface area contributed by atoms with Crippen molar-refractivity contribution < 1.29 is 14.5 Å². The minimum absolute atomic E-state index is 0.302. The minimum Gasteiger partial charge on any atom is -0.473 e. The molecule has 0 aromatic heterocycles. The van der Waals surface area contributed by atoms with Gasteiger partial charge in [0.1, 0.15) is 6.04 Å². The Balaban J connectivity index is 2.86. The summed E-state index contributed by atoms with van der Waals surface area (Å²) in [6.45, 7) is 4.88. The number of hydrogen-bond donors (Lipinski definition) is 1. The van der Waals surface area contributed by atoms with Gasteiger partial charge in [0.05, 0.1) is 5.75 Å². The van der Waals surface area contributed by atoms with E-state index in [-0.39, 0.29) is 0 Å². The molecule has 0 amide bonds. The third kappa shape index (κ3) is 1.74. The second kappa shape index (κ2) is 3.26. The van der Waals surface area contributed by atoms with E-state index in [1.807, 2.05) is 18.4 Å². The first-order valence-corrected chi connectivity index (χ1v) is 4.61. The molecule has 1 N–H and O–H groups in total. The van der Waals surface area contributed by atoms with Crippen LogP contribution in [0.5, 0.6) is 0 Å². The molecule has 0 aliphatic carbocycles. The van der Waals surface area contributed by atoms with Crippen LogP contribution in [0.3, 0.4) is 0 Å². The first-order chi connectivity index (χ1) is 5.13. The van der Waals surface area contributed by atoms with Gasteiger partial charge in [-0.15, -0.1) is 0 Å². The molecule has 62 valence electrons. The van der Waals surface area contributed by atoms with Gasteiger partial charge in [0.2, 0.25) is 0 Å². The van der Waals surface area contributed by atoms with E-state index in [1.165, 1.54) is 11.8 Å². The molecule has 1 aliphatic rings. The van der Waals surface area contributed by atoms with E-state index in [0.29, 0.717) is 11.1 Å². The van der Waals surface area contributed by atoms with E-state index in [0.717, 1.165) is 12.3 Å². The Morgan fingerprint density at radius 1 is 1.73 bits per heavy atom. The highest BCUT2D eigenvalue weighted by Crippen LogP contribution is 2.13. The third-order valence-corrected chi connectivity index (χ3v) is 2.71. The lowest BCUT2D eigenvalue weighted by Crippen LogP contribution is -2.26. The number of carbonyl (C=O) groups is 1. The molecular formula is C7H12NO2S+. The lowest BCUT2D eigenvalue weighted by molar-refractivity contribution is -0.548. The Bertz CT molecular complexity index is 210. The molecule has 0 atom stereocenters. The van der Waals surface area contributed by atoms with Gasteiger partial charge in [-0.2, -0.15) is 0 Å². The maximum absolute atomic E-state index is 10.6. The predicted molar refractivity (Wildman–Crippen MR) is 45.4 cm³/mol. The molecule has 1 aliphatic heterocycles. The number of hydrogen-bond acceptors (Lipinski definition) is 2. The van der Waals surface area contributed by atoms with Crippen molar-refractivity contribution in [3.63, 3.8) is 0 Å². The van der Waals surface area contributed by atoms with Crippen molar-refractivity contribution in [3.8, 4) is 0 Å². The summed E-state index contributed by atoms with van der Waals surface area (Å²) in [5, 5.41) is 9.23. The Morgan fingerprint density at radius 2 is 2.36 bits per heavy atom. The Labute approximate surface area is 70.1 Å². The zero-order valence-corrected chi connectivity index (χ0v) is 7.52. The predicted octanol–water partition coefficient (Wildman–Crippen LogP) is 0.637. The molecule has 3 nitrogen and oxygen atoms in total. The standard InChI is InChI=1S/C7H11NO2S/c1-5(2)8-3-4-11-6(8)7(9)10/h5H,3-4H2,1-2H3/p+1. The Hall–Kier alpha value is -0.510. The quantitative estimate of drug-likeness (QED) is 0.624. The van der Waals surface area contributed by atoms with Crippen LogP contribution < -0.4 is 0 Å². The van der Waals surface area contributed by atoms with E-state index in [4.69, 9.17) is 5.11 Å². The third-order valence-electron chi connectivity index (χ3n) is 1.64. The van der Waals surface area contributed by atoms with E-state index >= 15 is 0 Å². The Kier molecular flexibility index (Phi) is 2.54. The van der Waals surface area contributed by atoms with E-state index < -0.39 is 5.97 Å². The van der Waals surface area contributed by atoms with Crippen LogP contribution in [0.25, 0.3) is 0 Å². The highest BCUT2D eigenvalue weighted by molar-refractivity contribution is 8.15. The summed E-state index contributed by atoms with van der Waals surface area (Å²) >= 11 is 1.43. The fourth-order valence-electron chi connectivity index (χ4n) is 1.10. The van der Waals surface area contributed by atoms with Gasteiger partial charge in [0, 0.05) is 0 Å². The van der Waals surface area contributed by atoms with Crippen molar-refractivity contribution in [2.24, 2.45) is 0 Å². The van der Waals surface area contributed by atoms with Gasteiger partial charge in [-0.1, -0.05) is 0 Å². The minimum atomic E-state index is -0.791. The molecule has 0 fully saturated rings. The zero-order chi connectivity index (χ0) is 8.43. The molecule has 0 spiro atoms. The van der Waals surface area contributed by atoms with Gasteiger partial charge in [-0.25, -0.2) is 9.37 Å². The SMILES string of the molecule is CC(C)[N+]1=C(C(=O)O)SCC1. The number of carboxylic acids is 1. The topological polar surface area (TPSA) is 40.3 Å². The number of aliphatic carboxylic acids is 1. The summed E-state index contributed by atoms with van der Waals surface area (Å²) < 4.78 is 1.92.